The predicted octanol–water partition coefficient (Wildman–Crippen LogP) is 0.601. The summed E-state index contributed by atoms with van der Waals surface area (Å²) in [5.41, 5.74) is 0.690. The van der Waals surface area contributed by atoms with Crippen LogP contribution in [0.4, 0.5) is 0 Å². The first-order valence-corrected chi connectivity index (χ1v) is 4.58. The van der Waals surface area contributed by atoms with Gasteiger partial charge in [0.15, 0.2) is 0 Å². The number of aromatic hydroxyl groups is 1. The Morgan fingerprint density at radius 1 is 1.43 bits per heavy atom. The predicted molar refractivity (Wildman–Crippen MR) is 54.3 cm³/mol. The SMILES string of the molecule is Cc1cccc2oc(=O)c([Si])c(O)c12. The Hall–Kier alpha value is -1.55. The molecule has 4 heteroatoms. The summed E-state index contributed by atoms with van der Waals surface area (Å²) in [4.78, 5) is 11.2. The lowest BCUT2D eigenvalue weighted by atomic mass is 10.1. The van der Waals surface area contributed by atoms with E-state index in [-0.39, 0.29) is 10.9 Å². The lowest BCUT2D eigenvalue weighted by Gasteiger charge is -2.04. The van der Waals surface area contributed by atoms with Gasteiger partial charge < -0.3 is 9.52 Å². The molecule has 1 aromatic heterocycles. The van der Waals surface area contributed by atoms with E-state index in [0.29, 0.717) is 11.0 Å². The molecule has 1 heterocycles. The first-order valence-electron chi connectivity index (χ1n) is 4.08. The molecular formula is C10H7O3Si. The van der Waals surface area contributed by atoms with Gasteiger partial charge in [-0.15, -0.1) is 0 Å². The molecule has 0 amide bonds. The highest BCUT2D eigenvalue weighted by Gasteiger charge is 2.10. The summed E-state index contributed by atoms with van der Waals surface area (Å²) in [5, 5.41) is 10.3. The van der Waals surface area contributed by atoms with Gasteiger partial charge in [0, 0.05) is 0 Å². The Bertz CT molecular complexity index is 557. The van der Waals surface area contributed by atoms with E-state index < -0.39 is 5.63 Å². The van der Waals surface area contributed by atoms with Crippen LogP contribution < -0.4 is 10.8 Å². The van der Waals surface area contributed by atoms with E-state index in [0.717, 1.165) is 5.56 Å². The molecular weight excluding hydrogens is 196 g/mol. The van der Waals surface area contributed by atoms with Crippen molar-refractivity contribution >= 4 is 26.4 Å². The first kappa shape index (κ1) is 9.02. The van der Waals surface area contributed by atoms with Crippen LogP contribution in [0.15, 0.2) is 27.4 Å². The lowest BCUT2D eigenvalue weighted by Crippen LogP contribution is -2.24. The molecule has 0 fully saturated rings. The largest absolute Gasteiger partial charge is 0.507 e. The van der Waals surface area contributed by atoms with Crippen LogP contribution in [-0.4, -0.2) is 15.3 Å². The number of hydrogen-bond acceptors (Lipinski definition) is 3. The van der Waals surface area contributed by atoms with Gasteiger partial charge in [0.2, 0.25) is 0 Å². The Balaban J connectivity index is 3.07. The molecule has 1 aromatic carbocycles. The fraction of sp³-hybridized carbons (Fsp3) is 0.100. The van der Waals surface area contributed by atoms with Gasteiger partial charge in [-0.2, -0.15) is 0 Å². The molecule has 69 valence electrons. The van der Waals surface area contributed by atoms with Gasteiger partial charge in [-0.1, -0.05) is 12.1 Å². The Kier molecular flexibility index (Phi) is 1.93. The van der Waals surface area contributed by atoms with Crippen molar-refractivity contribution in [3.8, 4) is 5.75 Å². The second-order valence-electron chi connectivity index (χ2n) is 3.06. The summed E-state index contributed by atoms with van der Waals surface area (Å²) in [6, 6.07) is 5.26. The molecule has 1 N–H and O–H groups in total. The Morgan fingerprint density at radius 3 is 2.86 bits per heavy atom. The van der Waals surface area contributed by atoms with Gasteiger partial charge in [0.1, 0.15) is 11.3 Å². The van der Waals surface area contributed by atoms with E-state index in [9.17, 15) is 9.90 Å². The average molecular weight is 203 g/mol. The third-order valence-corrected chi connectivity index (χ3v) is 2.56. The van der Waals surface area contributed by atoms with Gasteiger partial charge in [-0.3, -0.25) is 0 Å². The summed E-state index contributed by atoms with van der Waals surface area (Å²) < 4.78 is 4.99. The third-order valence-electron chi connectivity index (χ3n) is 2.11. The Morgan fingerprint density at radius 2 is 2.14 bits per heavy atom. The van der Waals surface area contributed by atoms with E-state index in [2.05, 4.69) is 10.2 Å². The maximum absolute atomic E-state index is 11.2. The number of fused-ring (bicyclic) bond motifs is 1. The molecule has 0 unspecified atom stereocenters. The van der Waals surface area contributed by atoms with Crippen molar-refractivity contribution in [2.45, 2.75) is 6.92 Å². The second kappa shape index (κ2) is 2.99. The highest BCUT2D eigenvalue weighted by molar-refractivity contribution is 6.35. The van der Waals surface area contributed by atoms with E-state index in [1.807, 2.05) is 13.0 Å². The summed E-state index contributed by atoms with van der Waals surface area (Å²) in [6.07, 6.45) is 0. The number of benzene rings is 1. The van der Waals surface area contributed by atoms with Gasteiger partial charge in [0.25, 0.3) is 0 Å². The standard InChI is InChI=1S/C10H7O3Si/c1-5-3-2-4-6-7(5)8(11)9(14)10(12)13-6/h2-4,11H,1H3. The molecule has 2 rings (SSSR count). The molecule has 3 radical (unpaired) electrons. The molecule has 0 aliphatic carbocycles. The smallest absolute Gasteiger partial charge is 0.338 e. The molecule has 0 bridgehead atoms. The molecule has 3 nitrogen and oxygen atoms in total. The van der Waals surface area contributed by atoms with Crippen LogP contribution in [0.25, 0.3) is 11.0 Å². The van der Waals surface area contributed by atoms with Crippen molar-refractivity contribution in [3.05, 3.63) is 34.2 Å². The van der Waals surface area contributed by atoms with Crippen molar-refractivity contribution in [2.24, 2.45) is 0 Å². The van der Waals surface area contributed by atoms with E-state index >= 15 is 0 Å². The van der Waals surface area contributed by atoms with Crippen LogP contribution in [0.3, 0.4) is 0 Å². The maximum atomic E-state index is 11.2. The minimum atomic E-state index is -0.572. The molecule has 0 aliphatic heterocycles. The molecule has 0 saturated heterocycles. The van der Waals surface area contributed by atoms with Gasteiger partial charge in [-0.05, 0) is 18.6 Å². The molecule has 0 spiro atoms. The van der Waals surface area contributed by atoms with Gasteiger partial charge >= 0.3 is 5.63 Å². The molecule has 2 aromatic rings. The van der Waals surface area contributed by atoms with Crippen LogP contribution in [0.2, 0.25) is 0 Å². The highest BCUT2D eigenvalue weighted by atomic mass is 28.1. The number of hydrogen-bond donors (Lipinski definition) is 1. The summed E-state index contributed by atoms with van der Waals surface area (Å²) >= 11 is 0. The van der Waals surface area contributed by atoms with Gasteiger partial charge in [-0.25, -0.2) is 4.79 Å². The Labute approximate surface area is 83.4 Å². The monoisotopic (exact) mass is 203 g/mol. The van der Waals surface area contributed by atoms with E-state index in [4.69, 9.17) is 4.42 Å². The molecule has 14 heavy (non-hydrogen) atoms. The zero-order chi connectivity index (χ0) is 10.3. The summed E-state index contributed by atoms with van der Waals surface area (Å²) in [6.45, 7) is 1.84. The van der Waals surface area contributed by atoms with Crippen molar-refractivity contribution in [1.82, 2.24) is 0 Å². The second-order valence-corrected chi connectivity index (χ2v) is 3.56. The molecule has 0 atom stereocenters. The zero-order valence-corrected chi connectivity index (χ0v) is 8.50. The quantitative estimate of drug-likeness (QED) is 0.504. The van der Waals surface area contributed by atoms with Crippen molar-refractivity contribution in [2.75, 3.05) is 0 Å². The van der Waals surface area contributed by atoms with Gasteiger partial charge in [0.05, 0.1) is 20.8 Å². The fourth-order valence-corrected chi connectivity index (χ4v) is 1.58. The van der Waals surface area contributed by atoms with E-state index in [1.165, 1.54) is 0 Å². The van der Waals surface area contributed by atoms with Crippen LogP contribution in [0.5, 0.6) is 5.75 Å². The van der Waals surface area contributed by atoms with E-state index in [1.54, 1.807) is 12.1 Å². The van der Waals surface area contributed by atoms with Crippen LogP contribution >= 0.6 is 0 Å². The normalized spacial score (nSPS) is 10.7. The van der Waals surface area contributed by atoms with Crippen molar-refractivity contribution in [1.29, 1.82) is 0 Å². The lowest BCUT2D eigenvalue weighted by molar-refractivity contribution is 0.474. The minimum Gasteiger partial charge on any atom is -0.507 e. The highest BCUT2D eigenvalue weighted by Crippen LogP contribution is 2.23. The number of rotatable bonds is 0. The van der Waals surface area contributed by atoms with Crippen molar-refractivity contribution in [3.63, 3.8) is 0 Å². The first-order chi connectivity index (χ1) is 6.61. The van der Waals surface area contributed by atoms with Crippen LogP contribution in [-0.2, 0) is 0 Å². The molecule has 0 saturated carbocycles. The summed E-state index contributed by atoms with van der Waals surface area (Å²) in [7, 11) is 3.03. The third kappa shape index (κ3) is 1.15. The van der Waals surface area contributed by atoms with Crippen molar-refractivity contribution < 1.29 is 9.52 Å². The van der Waals surface area contributed by atoms with Crippen LogP contribution in [0.1, 0.15) is 5.56 Å². The maximum Gasteiger partial charge on any atom is 0.338 e. The number of aryl methyl sites for hydroxylation is 1. The topological polar surface area (TPSA) is 50.4 Å². The van der Waals surface area contributed by atoms with Crippen LogP contribution in [0, 0.1) is 6.92 Å². The zero-order valence-electron chi connectivity index (χ0n) is 7.50. The average Bonchev–Trinajstić information content (AvgIpc) is 2.14. The minimum absolute atomic E-state index is 0.0619. The molecule has 0 aliphatic rings. The fourth-order valence-electron chi connectivity index (χ4n) is 1.40. The summed E-state index contributed by atoms with van der Waals surface area (Å²) in [5.74, 6) is -0.0639.